The van der Waals surface area contributed by atoms with Crippen LogP contribution in [0.5, 0.6) is 11.5 Å². The summed E-state index contributed by atoms with van der Waals surface area (Å²) in [6.07, 6.45) is 2.50. The van der Waals surface area contributed by atoms with Gasteiger partial charge in [0.15, 0.2) is 11.5 Å². The van der Waals surface area contributed by atoms with E-state index >= 15 is 0 Å². The molecule has 0 N–H and O–H groups in total. The van der Waals surface area contributed by atoms with Gasteiger partial charge in [0.1, 0.15) is 5.76 Å². The van der Waals surface area contributed by atoms with Crippen LogP contribution in [-0.4, -0.2) is 32.6 Å². The number of benzene rings is 2. The molecule has 0 unspecified atom stereocenters. The zero-order valence-corrected chi connectivity index (χ0v) is 18.8. The first kappa shape index (κ1) is 21.9. The van der Waals surface area contributed by atoms with E-state index in [0.717, 1.165) is 10.7 Å². The molecule has 30 heavy (non-hydrogen) atoms. The minimum atomic E-state index is -3.74. The van der Waals surface area contributed by atoms with Crippen molar-refractivity contribution in [3.63, 3.8) is 0 Å². The van der Waals surface area contributed by atoms with Gasteiger partial charge in [-0.3, -0.25) is 4.79 Å². The van der Waals surface area contributed by atoms with Crippen molar-refractivity contribution in [1.29, 1.82) is 0 Å². The Morgan fingerprint density at radius 2 is 1.87 bits per heavy atom. The molecule has 0 atom stereocenters. The molecule has 0 aliphatic carbocycles. The van der Waals surface area contributed by atoms with Crippen molar-refractivity contribution in [2.45, 2.75) is 13.1 Å². The lowest BCUT2D eigenvalue weighted by atomic mass is 10.1. The zero-order chi connectivity index (χ0) is 21.7. The van der Waals surface area contributed by atoms with Crippen LogP contribution in [-0.2, 0) is 23.2 Å². The Balaban J connectivity index is 1.92. The Bertz CT molecular complexity index is 1130. The van der Waals surface area contributed by atoms with Crippen molar-refractivity contribution in [1.82, 2.24) is 4.90 Å². The van der Waals surface area contributed by atoms with Crippen molar-refractivity contribution in [3.8, 4) is 11.5 Å². The summed E-state index contributed by atoms with van der Waals surface area (Å²) in [6.45, 7) is 0.447. The van der Waals surface area contributed by atoms with E-state index in [-0.39, 0.29) is 30.5 Å². The van der Waals surface area contributed by atoms with Crippen molar-refractivity contribution < 1.29 is 26.5 Å². The molecule has 0 radical (unpaired) electrons. The van der Waals surface area contributed by atoms with Crippen LogP contribution in [0.1, 0.15) is 21.7 Å². The second kappa shape index (κ2) is 9.36. The monoisotopic (exact) mass is 493 g/mol. The summed E-state index contributed by atoms with van der Waals surface area (Å²) < 4.78 is 39.6. The number of hydrogen-bond acceptors (Lipinski definition) is 6. The van der Waals surface area contributed by atoms with Crippen molar-refractivity contribution in [2.75, 3.05) is 13.4 Å². The Morgan fingerprint density at radius 1 is 1.07 bits per heavy atom. The van der Waals surface area contributed by atoms with Gasteiger partial charge >= 0.3 is 10.1 Å². The summed E-state index contributed by atoms with van der Waals surface area (Å²) in [5, 5.41) is 0. The van der Waals surface area contributed by atoms with Crippen LogP contribution in [0, 0.1) is 0 Å². The molecule has 2 aromatic carbocycles. The number of carbonyl (C=O) groups is 1. The fourth-order valence-corrected chi connectivity index (χ4v) is 3.72. The summed E-state index contributed by atoms with van der Waals surface area (Å²) in [5.41, 5.74) is 1.18. The zero-order valence-electron chi connectivity index (χ0n) is 16.4. The van der Waals surface area contributed by atoms with Gasteiger partial charge in [0.05, 0.1) is 26.2 Å². The number of furan rings is 1. The van der Waals surface area contributed by atoms with Crippen molar-refractivity contribution >= 4 is 32.0 Å². The third kappa shape index (κ3) is 5.87. The number of amides is 1. The molecule has 0 fully saturated rings. The van der Waals surface area contributed by atoms with Gasteiger partial charge in [-0.05, 0) is 48.0 Å². The maximum Gasteiger partial charge on any atom is 0.306 e. The fourth-order valence-electron chi connectivity index (χ4n) is 2.86. The van der Waals surface area contributed by atoms with Crippen LogP contribution in [0.2, 0.25) is 0 Å². The molecule has 0 aliphatic rings. The summed E-state index contributed by atoms with van der Waals surface area (Å²) in [4.78, 5) is 14.8. The number of carbonyl (C=O) groups excluding carboxylic acids is 1. The molecule has 0 saturated carbocycles. The standard InChI is InChI=1S/C21H20BrNO6S/c1-27-19-9-8-15(11-20(19)29-30(2,25)26)13-23(14-18-7-4-10-28-18)21(24)16-5-3-6-17(22)12-16/h3-12H,13-14H2,1-2H3. The lowest BCUT2D eigenvalue weighted by Crippen LogP contribution is -2.30. The Hall–Kier alpha value is -2.78. The lowest BCUT2D eigenvalue weighted by Gasteiger charge is -2.22. The summed E-state index contributed by atoms with van der Waals surface area (Å²) in [7, 11) is -2.32. The molecule has 0 spiro atoms. The third-order valence-corrected chi connectivity index (χ3v) is 5.10. The molecule has 9 heteroatoms. The SMILES string of the molecule is COc1ccc(CN(Cc2ccco2)C(=O)c2cccc(Br)c2)cc1OS(C)(=O)=O. The first-order valence-electron chi connectivity index (χ1n) is 8.89. The summed E-state index contributed by atoms with van der Waals surface area (Å²) in [6, 6.07) is 15.5. The Morgan fingerprint density at radius 3 is 2.50 bits per heavy atom. The molecule has 0 saturated heterocycles. The molecule has 3 rings (SSSR count). The number of halogens is 1. The van der Waals surface area contributed by atoms with Crippen LogP contribution in [0.15, 0.2) is 69.8 Å². The highest BCUT2D eigenvalue weighted by molar-refractivity contribution is 9.10. The normalized spacial score (nSPS) is 11.2. The van der Waals surface area contributed by atoms with Gasteiger partial charge in [0, 0.05) is 16.6 Å². The van der Waals surface area contributed by atoms with E-state index in [1.165, 1.54) is 7.11 Å². The van der Waals surface area contributed by atoms with Gasteiger partial charge in [-0.2, -0.15) is 8.42 Å². The van der Waals surface area contributed by atoms with Gasteiger partial charge in [0.2, 0.25) is 0 Å². The van der Waals surface area contributed by atoms with Crippen LogP contribution >= 0.6 is 15.9 Å². The van der Waals surface area contributed by atoms with E-state index in [1.54, 1.807) is 59.7 Å². The highest BCUT2D eigenvalue weighted by Crippen LogP contribution is 2.30. The molecule has 7 nitrogen and oxygen atoms in total. The smallest absolute Gasteiger partial charge is 0.306 e. The quantitative estimate of drug-likeness (QED) is 0.436. The number of hydrogen-bond donors (Lipinski definition) is 0. The van der Waals surface area contributed by atoms with E-state index in [9.17, 15) is 13.2 Å². The van der Waals surface area contributed by atoms with Crippen LogP contribution < -0.4 is 8.92 Å². The van der Waals surface area contributed by atoms with E-state index in [2.05, 4.69) is 15.9 Å². The van der Waals surface area contributed by atoms with Crippen LogP contribution in [0.4, 0.5) is 0 Å². The lowest BCUT2D eigenvalue weighted by molar-refractivity contribution is 0.0717. The van der Waals surface area contributed by atoms with E-state index in [4.69, 9.17) is 13.3 Å². The van der Waals surface area contributed by atoms with Gasteiger partial charge in [-0.25, -0.2) is 0 Å². The van der Waals surface area contributed by atoms with Crippen molar-refractivity contribution in [3.05, 3.63) is 82.2 Å². The fraction of sp³-hybridized carbons (Fsp3) is 0.190. The largest absolute Gasteiger partial charge is 0.493 e. The molecule has 1 aromatic heterocycles. The average Bonchev–Trinajstić information content (AvgIpc) is 3.19. The summed E-state index contributed by atoms with van der Waals surface area (Å²) >= 11 is 3.38. The molecule has 158 valence electrons. The topological polar surface area (TPSA) is 86.0 Å². The molecule has 3 aromatic rings. The highest BCUT2D eigenvalue weighted by Gasteiger charge is 2.20. The third-order valence-electron chi connectivity index (χ3n) is 4.13. The predicted molar refractivity (Wildman–Crippen MR) is 115 cm³/mol. The number of rotatable bonds is 8. The Labute approximate surface area is 183 Å². The van der Waals surface area contributed by atoms with Gasteiger partial charge in [-0.1, -0.05) is 28.1 Å². The Kier molecular flexibility index (Phi) is 6.84. The first-order chi connectivity index (χ1) is 14.2. The van der Waals surface area contributed by atoms with Gasteiger partial charge in [0.25, 0.3) is 5.91 Å². The first-order valence-corrected chi connectivity index (χ1v) is 11.5. The second-order valence-corrected chi connectivity index (χ2v) is 9.01. The second-order valence-electron chi connectivity index (χ2n) is 6.52. The molecule has 1 amide bonds. The maximum absolute atomic E-state index is 13.2. The molecular formula is C21H20BrNO6S. The van der Waals surface area contributed by atoms with E-state index in [0.29, 0.717) is 16.9 Å². The number of methoxy groups -OCH3 is 1. The molecule has 1 heterocycles. The van der Waals surface area contributed by atoms with E-state index < -0.39 is 10.1 Å². The molecule has 0 bridgehead atoms. The highest BCUT2D eigenvalue weighted by atomic mass is 79.9. The summed E-state index contributed by atoms with van der Waals surface area (Å²) in [5.74, 6) is 0.763. The minimum Gasteiger partial charge on any atom is -0.493 e. The number of nitrogens with zero attached hydrogens (tertiary/aromatic N) is 1. The predicted octanol–water partition coefficient (Wildman–Crippen LogP) is 4.23. The number of ether oxygens (including phenoxy) is 1. The maximum atomic E-state index is 13.2. The van der Waals surface area contributed by atoms with Crippen molar-refractivity contribution in [2.24, 2.45) is 0 Å². The van der Waals surface area contributed by atoms with Gasteiger partial charge < -0.3 is 18.2 Å². The van der Waals surface area contributed by atoms with Gasteiger partial charge in [-0.15, -0.1) is 0 Å². The average molecular weight is 494 g/mol. The van der Waals surface area contributed by atoms with Crippen LogP contribution in [0.3, 0.4) is 0 Å². The minimum absolute atomic E-state index is 0.0605. The molecular weight excluding hydrogens is 474 g/mol. The van der Waals surface area contributed by atoms with Crippen LogP contribution in [0.25, 0.3) is 0 Å². The molecule has 0 aliphatic heterocycles. The van der Waals surface area contributed by atoms with E-state index in [1.807, 2.05) is 6.07 Å².